The SMILES string of the molecule is CC(C(=O)Nc1ccc(N2CCOCC2)cc1)N1CCN(Cc2cccs2)CC1.O=C(O)C(=O)O.O=C(O)C(=O)O.O=C(O)C(=O)O. The zero-order chi connectivity index (χ0) is 35.5. The zero-order valence-electron chi connectivity index (χ0n) is 25.2. The number of piperazine rings is 1. The van der Waals surface area contributed by atoms with E-state index in [1.54, 1.807) is 0 Å². The summed E-state index contributed by atoms with van der Waals surface area (Å²) in [6, 6.07) is 12.3. The number of amides is 1. The maximum Gasteiger partial charge on any atom is 0.414 e. The van der Waals surface area contributed by atoms with E-state index in [9.17, 15) is 4.79 Å². The highest BCUT2D eigenvalue weighted by molar-refractivity contribution is 7.09. The molecule has 1 amide bonds. The summed E-state index contributed by atoms with van der Waals surface area (Å²) in [5, 5.41) is 49.6. The molecule has 1 aromatic heterocycles. The van der Waals surface area contributed by atoms with Crippen LogP contribution in [0.5, 0.6) is 0 Å². The minimum atomic E-state index is -1.82. The molecule has 47 heavy (non-hydrogen) atoms. The highest BCUT2D eigenvalue weighted by Crippen LogP contribution is 2.20. The van der Waals surface area contributed by atoms with Crippen LogP contribution in [0.4, 0.5) is 11.4 Å². The minimum Gasteiger partial charge on any atom is -0.473 e. The van der Waals surface area contributed by atoms with Crippen LogP contribution in [-0.2, 0) is 44.8 Å². The summed E-state index contributed by atoms with van der Waals surface area (Å²) in [6.45, 7) is 10.3. The summed E-state index contributed by atoms with van der Waals surface area (Å²) in [5.41, 5.74) is 2.04. The molecule has 2 fully saturated rings. The Balaban J connectivity index is 0.000000504. The third-order valence-corrected chi connectivity index (χ3v) is 7.21. The van der Waals surface area contributed by atoms with Crippen LogP contribution >= 0.6 is 11.3 Å². The van der Waals surface area contributed by atoms with Gasteiger partial charge in [0.05, 0.1) is 19.3 Å². The van der Waals surface area contributed by atoms with Crippen molar-refractivity contribution in [3.63, 3.8) is 0 Å². The fourth-order valence-corrected chi connectivity index (χ4v) is 4.67. The fraction of sp³-hybridized carbons (Fsp3) is 0.393. The lowest BCUT2D eigenvalue weighted by atomic mass is 10.2. The molecule has 1 aromatic carbocycles. The van der Waals surface area contributed by atoms with Gasteiger partial charge in [-0.3, -0.25) is 14.6 Å². The van der Waals surface area contributed by atoms with Crippen molar-refractivity contribution in [1.29, 1.82) is 0 Å². The fourth-order valence-electron chi connectivity index (χ4n) is 3.92. The second-order valence-electron chi connectivity index (χ2n) is 9.53. The van der Waals surface area contributed by atoms with Crippen LogP contribution in [0.2, 0.25) is 0 Å². The average molecular weight is 685 g/mol. The van der Waals surface area contributed by atoms with Gasteiger partial charge in [-0.15, -0.1) is 11.3 Å². The number of carbonyl (C=O) groups excluding carboxylic acids is 1. The number of hydrogen-bond acceptors (Lipinski definition) is 12. The zero-order valence-corrected chi connectivity index (χ0v) is 26.0. The van der Waals surface area contributed by atoms with Crippen molar-refractivity contribution in [2.24, 2.45) is 0 Å². The van der Waals surface area contributed by atoms with Gasteiger partial charge in [-0.25, -0.2) is 28.8 Å². The summed E-state index contributed by atoms with van der Waals surface area (Å²) in [6.07, 6.45) is 0. The lowest BCUT2D eigenvalue weighted by Gasteiger charge is -2.37. The van der Waals surface area contributed by atoms with Crippen LogP contribution in [0.3, 0.4) is 0 Å². The molecule has 1 unspecified atom stereocenters. The molecule has 19 heteroatoms. The molecule has 4 rings (SSSR count). The second kappa shape index (κ2) is 20.8. The largest absolute Gasteiger partial charge is 0.473 e. The Morgan fingerprint density at radius 2 is 1.19 bits per heavy atom. The highest BCUT2D eigenvalue weighted by atomic mass is 32.1. The van der Waals surface area contributed by atoms with Gasteiger partial charge in [0.25, 0.3) is 0 Å². The van der Waals surface area contributed by atoms with E-state index in [1.807, 2.05) is 30.4 Å². The van der Waals surface area contributed by atoms with E-state index in [0.717, 1.165) is 64.7 Å². The van der Waals surface area contributed by atoms with Crippen molar-refractivity contribution < 1.29 is 68.9 Å². The number of carboxylic acids is 6. The van der Waals surface area contributed by atoms with Gasteiger partial charge in [0, 0.05) is 62.1 Å². The van der Waals surface area contributed by atoms with E-state index in [4.69, 9.17) is 64.1 Å². The van der Waals surface area contributed by atoms with Crippen LogP contribution < -0.4 is 10.2 Å². The topological polar surface area (TPSA) is 272 Å². The first-order valence-electron chi connectivity index (χ1n) is 13.7. The molecule has 258 valence electrons. The predicted octanol–water partition coefficient (Wildman–Crippen LogP) is 0.196. The van der Waals surface area contributed by atoms with E-state index < -0.39 is 35.8 Å². The molecule has 18 nitrogen and oxygen atoms in total. The number of anilines is 2. The highest BCUT2D eigenvalue weighted by Gasteiger charge is 2.26. The van der Waals surface area contributed by atoms with E-state index in [2.05, 4.69) is 49.7 Å². The molecule has 0 bridgehead atoms. The number of nitrogens with zero attached hydrogens (tertiary/aromatic N) is 3. The molecule has 0 aliphatic carbocycles. The third kappa shape index (κ3) is 16.1. The number of benzene rings is 1. The number of rotatable bonds is 6. The van der Waals surface area contributed by atoms with Crippen molar-refractivity contribution in [1.82, 2.24) is 9.80 Å². The quantitative estimate of drug-likeness (QED) is 0.200. The molecule has 2 saturated heterocycles. The van der Waals surface area contributed by atoms with Crippen molar-refractivity contribution >= 4 is 64.4 Å². The van der Waals surface area contributed by atoms with Crippen molar-refractivity contribution in [2.75, 3.05) is 62.7 Å². The number of carbonyl (C=O) groups is 7. The van der Waals surface area contributed by atoms with Gasteiger partial charge in [-0.1, -0.05) is 6.07 Å². The van der Waals surface area contributed by atoms with E-state index in [0.29, 0.717) is 0 Å². The van der Waals surface area contributed by atoms with Crippen molar-refractivity contribution in [2.45, 2.75) is 19.5 Å². The Hall–Kier alpha value is -5.11. The molecule has 2 aliphatic heterocycles. The smallest absolute Gasteiger partial charge is 0.414 e. The van der Waals surface area contributed by atoms with E-state index in [-0.39, 0.29) is 11.9 Å². The summed E-state index contributed by atoms with van der Waals surface area (Å²) >= 11 is 1.81. The summed E-state index contributed by atoms with van der Waals surface area (Å²) in [4.78, 5) is 75.8. The lowest BCUT2D eigenvalue weighted by Crippen LogP contribution is -2.52. The van der Waals surface area contributed by atoms with Crippen LogP contribution in [0.15, 0.2) is 41.8 Å². The van der Waals surface area contributed by atoms with Crippen LogP contribution in [0.25, 0.3) is 0 Å². The molecule has 1 atom stereocenters. The molecule has 2 aromatic rings. The van der Waals surface area contributed by atoms with Gasteiger partial charge in [-0.2, -0.15) is 0 Å². The van der Waals surface area contributed by atoms with Gasteiger partial charge < -0.3 is 45.6 Å². The standard InChI is InChI=1S/C22H30N4O2S.3C2H2O4/c1-18(25-10-8-24(9-11-25)17-21-3-2-16-29-21)22(27)23-19-4-6-20(7-5-19)26-12-14-28-15-13-26;3*3-1(4)2(5)6/h2-7,16,18H,8-15,17H2,1H3,(H,23,27);3*(H,3,4)(H,5,6). The number of aliphatic carboxylic acids is 6. The van der Waals surface area contributed by atoms with Crippen molar-refractivity contribution in [3.8, 4) is 0 Å². The van der Waals surface area contributed by atoms with Crippen LogP contribution in [-0.4, -0.2) is 141 Å². The summed E-state index contributed by atoms with van der Waals surface area (Å²) in [7, 11) is 0. The molecule has 7 N–H and O–H groups in total. The Morgan fingerprint density at radius 3 is 1.60 bits per heavy atom. The van der Waals surface area contributed by atoms with E-state index in [1.165, 1.54) is 10.6 Å². The minimum absolute atomic E-state index is 0.0656. The van der Waals surface area contributed by atoms with Crippen LogP contribution in [0.1, 0.15) is 11.8 Å². The van der Waals surface area contributed by atoms with Gasteiger partial charge in [0.15, 0.2) is 0 Å². The number of morpholine rings is 1. The molecule has 3 heterocycles. The van der Waals surface area contributed by atoms with Crippen LogP contribution in [0, 0.1) is 0 Å². The Morgan fingerprint density at radius 1 is 0.723 bits per heavy atom. The lowest BCUT2D eigenvalue weighted by molar-refractivity contribution is -0.159. The number of hydrogen-bond donors (Lipinski definition) is 7. The Kier molecular flexibility index (Phi) is 17.7. The number of nitrogens with one attached hydrogen (secondary N) is 1. The van der Waals surface area contributed by atoms with Crippen molar-refractivity contribution in [3.05, 3.63) is 46.7 Å². The normalized spacial score (nSPS) is 15.0. The number of carboxylic acid groups (broad SMARTS) is 6. The van der Waals surface area contributed by atoms with E-state index >= 15 is 0 Å². The first-order chi connectivity index (χ1) is 22.1. The first kappa shape index (κ1) is 39.9. The maximum atomic E-state index is 12.7. The van der Waals surface area contributed by atoms with Gasteiger partial charge in [0.2, 0.25) is 5.91 Å². The summed E-state index contributed by atoms with van der Waals surface area (Å²) in [5.74, 6) is -10.9. The van der Waals surface area contributed by atoms with Gasteiger partial charge in [-0.05, 0) is 42.6 Å². The first-order valence-corrected chi connectivity index (χ1v) is 14.6. The third-order valence-electron chi connectivity index (χ3n) is 6.35. The van der Waals surface area contributed by atoms with Gasteiger partial charge >= 0.3 is 35.8 Å². The van der Waals surface area contributed by atoms with Gasteiger partial charge in [0.1, 0.15) is 0 Å². The molecule has 2 aliphatic rings. The Bertz CT molecular complexity index is 1250. The monoisotopic (exact) mass is 684 g/mol. The molecule has 0 saturated carbocycles. The molecular weight excluding hydrogens is 648 g/mol. The Labute approximate surface area is 272 Å². The second-order valence-corrected chi connectivity index (χ2v) is 10.6. The molecule has 0 spiro atoms. The number of thiophene rings is 1. The molecular formula is C28H36N4O14S. The maximum absolute atomic E-state index is 12.7. The summed E-state index contributed by atoms with van der Waals surface area (Å²) < 4.78 is 5.41. The molecule has 0 radical (unpaired) electrons. The number of ether oxygens (including phenoxy) is 1. The predicted molar refractivity (Wildman–Crippen MR) is 165 cm³/mol. The average Bonchev–Trinajstić information content (AvgIpc) is 3.55.